The molecule has 6 nitrogen and oxygen atoms in total. The van der Waals surface area contributed by atoms with Gasteiger partial charge in [-0.2, -0.15) is 5.10 Å². The van der Waals surface area contributed by atoms with E-state index in [1.807, 2.05) is 78.3 Å². The second-order valence-corrected chi connectivity index (χ2v) is 7.92. The molecule has 1 aromatic heterocycles. The van der Waals surface area contributed by atoms with Gasteiger partial charge in [0.2, 0.25) is 0 Å². The number of hydrogen-bond acceptors (Lipinski definition) is 4. The Morgan fingerprint density at radius 3 is 2.55 bits per heavy atom. The molecule has 0 unspecified atom stereocenters. The second-order valence-electron chi connectivity index (χ2n) is 7.51. The van der Waals surface area contributed by atoms with E-state index in [1.54, 1.807) is 19.2 Å². The molecule has 0 spiro atoms. The molecule has 0 bridgehead atoms. The number of methoxy groups -OCH3 is 1. The lowest BCUT2D eigenvalue weighted by Gasteiger charge is -2.11. The van der Waals surface area contributed by atoms with Crippen LogP contribution in [0.1, 0.15) is 27.2 Å². The summed E-state index contributed by atoms with van der Waals surface area (Å²) in [7, 11) is 1.60. The van der Waals surface area contributed by atoms with Crippen molar-refractivity contribution in [2.45, 2.75) is 20.1 Å². The molecular formula is C26H24ClN3O3. The highest BCUT2D eigenvalue weighted by Crippen LogP contribution is 2.26. The van der Waals surface area contributed by atoms with Gasteiger partial charge in [-0.3, -0.25) is 9.48 Å². The molecule has 4 aromatic rings. The predicted octanol–water partition coefficient (Wildman–Crippen LogP) is 5.73. The smallest absolute Gasteiger partial charge is 0.256 e. The Bertz CT molecular complexity index is 1270. The number of benzene rings is 3. The van der Waals surface area contributed by atoms with Gasteiger partial charge in [-0.25, -0.2) is 0 Å². The number of nitrogens with zero attached hydrogens (tertiary/aromatic N) is 2. The number of aromatic nitrogens is 2. The first-order chi connectivity index (χ1) is 16.0. The lowest BCUT2D eigenvalue weighted by atomic mass is 10.1. The summed E-state index contributed by atoms with van der Waals surface area (Å²) in [6.07, 6.45) is 0. The van der Waals surface area contributed by atoms with E-state index in [0.717, 1.165) is 16.8 Å². The van der Waals surface area contributed by atoms with E-state index >= 15 is 0 Å². The number of carbonyl (C=O) groups excluding carboxylic acids is 1. The molecule has 168 valence electrons. The van der Waals surface area contributed by atoms with Gasteiger partial charge in [0.1, 0.15) is 6.61 Å². The van der Waals surface area contributed by atoms with E-state index in [2.05, 4.69) is 10.4 Å². The van der Waals surface area contributed by atoms with E-state index < -0.39 is 0 Å². The maximum absolute atomic E-state index is 12.8. The van der Waals surface area contributed by atoms with Gasteiger partial charge in [-0.15, -0.1) is 0 Å². The van der Waals surface area contributed by atoms with Crippen molar-refractivity contribution in [2.75, 3.05) is 12.4 Å². The summed E-state index contributed by atoms with van der Waals surface area (Å²) in [6, 6.07) is 24.2. The Morgan fingerprint density at radius 2 is 1.76 bits per heavy atom. The van der Waals surface area contributed by atoms with Gasteiger partial charge in [-0.05, 0) is 48.4 Å². The van der Waals surface area contributed by atoms with E-state index in [0.29, 0.717) is 41.1 Å². The molecule has 33 heavy (non-hydrogen) atoms. The summed E-state index contributed by atoms with van der Waals surface area (Å²) in [5, 5.41) is 8.08. The highest BCUT2D eigenvalue weighted by Gasteiger charge is 2.12. The SMILES string of the molecule is COc1ccccc1OCc1cccc(C(=O)Nc2cc(C)n(Cc3ccccc3Cl)n2)c1. The first-order valence-corrected chi connectivity index (χ1v) is 10.9. The Hall–Kier alpha value is -3.77. The van der Waals surface area contributed by atoms with Crippen LogP contribution in [0.4, 0.5) is 5.82 Å². The molecule has 1 amide bonds. The molecule has 0 aliphatic carbocycles. The summed E-state index contributed by atoms with van der Waals surface area (Å²) in [5.41, 5.74) is 3.28. The van der Waals surface area contributed by atoms with E-state index in [9.17, 15) is 4.79 Å². The van der Waals surface area contributed by atoms with Gasteiger partial charge in [-0.1, -0.05) is 54.1 Å². The van der Waals surface area contributed by atoms with Crippen LogP contribution >= 0.6 is 11.6 Å². The Balaban J connectivity index is 1.42. The van der Waals surface area contributed by atoms with E-state index in [4.69, 9.17) is 21.1 Å². The van der Waals surface area contributed by atoms with Crippen molar-refractivity contribution >= 4 is 23.3 Å². The number of para-hydroxylation sites is 2. The average molecular weight is 462 g/mol. The monoisotopic (exact) mass is 461 g/mol. The molecule has 3 aromatic carbocycles. The van der Waals surface area contributed by atoms with Crippen molar-refractivity contribution in [3.05, 3.63) is 106 Å². The van der Waals surface area contributed by atoms with Gasteiger partial charge in [0.05, 0.1) is 13.7 Å². The minimum atomic E-state index is -0.239. The van der Waals surface area contributed by atoms with Gasteiger partial charge in [0, 0.05) is 22.3 Å². The highest BCUT2D eigenvalue weighted by molar-refractivity contribution is 6.31. The zero-order valence-corrected chi connectivity index (χ0v) is 19.2. The zero-order chi connectivity index (χ0) is 23.2. The van der Waals surface area contributed by atoms with E-state index in [1.165, 1.54) is 0 Å². The fourth-order valence-corrected chi connectivity index (χ4v) is 3.60. The van der Waals surface area contributed by atoms with E-state index in [-0.39, 0.29) is 5.91 Å². The number of aryl methyl sites for hydroxylation is 1. The van der Waals surface area contributed by atoms with Crippen molar-refractivity contribution in [2.24, 2.45) is 0 Å². The fourth-order valence-electron chi connectivity index (χ4n) is 3.41. The normalized spacial score (nSPS) is 10.6. The number of rotatable bonds is 8. The molecule has 0 atom stereocenters. The fraction of sp³-hybridized carbons (Fsp3) is 0.154. The van der Waals surface area contributed by atoms with Gasteiger partial charge < -0.3 is 14.8 Å². The van der Waals surface area contributed by atoms with Crippen LogP contribution in [0.25, 0.3) is 0 Å². The van der Waals surface area contributed by atoms with Crippen molar-refractivity contribution in [1.29, 1.82) is 0 Å². The van der Waals surface area contributed by atoms with Crippen molar-refractivity contribution in [1.82, 2.24) is 9.78 Å². The number of amides is 1. The summed E-state index contributed by atoms with van der Waals surface area (Å²) >= 11 is 6.27. The van der Waals surface area contributed by atoms with Crippen LogP contribution in [-0.2, 0) is 13.2 Å². The predicted molar refractivity (Wildman–Crippen MR) is 129 cm³/mol. The lowest BCUT2D eigenvalue weighted by molar-refractivity contribution is 0.102. The van der Waals surface area contributed by atoms with Crippen LogP contribution in [-0.4, -0.2) is 22.8 Å². The minimum Gasteiger partial charge on any atom is -0.493 e. The van der Waals surface area contributed by atoms with Gasteiger partial charge in [0.15, 0.2) is 17.3 Å². The molecule has 0 saturated heterocycles. The standard InChI is InChI=1S/C26H24ClN3O3/c1-18-14-25(29-30(18)16-21-9-3-4-11-22(21)27)28-26(31)20-10-7-8-19(15-20)17-33-24-13-6-5-12-23(24)32-2/h3-15H,16-17H2,1-2H3,(H,28,29,31). The molecule has 4 rings (SSSR count). The number of halogens is 1. The molecule has 0 saturated carbocycles. The number of anilines is 1. The molecule has 0 aliphatic heterocycles. The number of nitrogens with one attached hydrogen (secondary N) is 1. The summed E-state index contributed by atoms with van der Waals surface area (Å²) in [5.74, 6) is 1.56. The Labute approximate surface area is 197 Å². The average Bonchev–Trinajstić information content (AvgIpc) is 3.17. The molecule has 0 radical (unpaired) electrons. The molecule has 0 aliphatic rings. The van der Waals surface area contributed by atoms with Crippen LogP contribution in [0.3, 0.4) is 0 Å². The van der Waals surface area contributed by atoms with Crippen LogP contribution in [0.2, 0.25) is 5.02 Å². The molecule has 1 N–H and O–H groups in total. The summed E-state index contributed by atoms with van der Waals surface area (Å²) in [6.45, 7) is 2.78. The molecule has 1 heterocycles. The second kappa shape index (κ2) is 10.2. The van der Waals surface area contributed by atoms with Crippen LogP contribution < -0.4 is 14.8 Å². The third kappa shape index (κ3) is 5.54. The minimum absolute atomic E-state index is 0.239. The first kappa shape index (κ1) is 22.4. The molecule has 7 heteroatoms. The van der Waals surface area contributed by atoms with Gasteiger partial charge >= 0.3 is 0 Å². The zero-order valence-electron chi connectivity index (χ0n) is 18.4. The summed E-state index contributed by atoms with van der Waals surface area (Å²) < 4.78 is 13.0. The highest BCUT2D eigenvalue weighted by atomic mass is 35.5. The summed E-state index contributed by atoms with van der Waals surface area (Å²) in [4.78, 5) is 12.8. The third-order valence-corrected chi connectivity index (χ3v) is 5.52. The van der Waals surface area contributed by atoms with Gasteiger partial charge in [0.25, 0.3) is 5.91 Å². The lowest BCUT2D eigenvalue weighted by Crippen LogP contribution is -2.13. The maximum atomic E-state index is 12.8. The Morgan fingerprint density at radius 1 is 1.00 bits per heavy atom. The number of carbonyl (C=O) groups is 1. The third-order valence-electron chi connectivity index (χ3n) is 5.15. The van der Waals surface area contributed by atoms with Crippen LogP contribution in [0.15, 0.2) is 78.9 Å². The Kier molecular flexibility index (Phi) is 6.95. The van der Waals surface area contributed by atoms with Crippen molar-refractivity contribution < 1.29 is 14.3 Å². The number of ether oxygens (including phenoxy) is 2. The molecule has 0 fully saturated rings. The number of hydrogen-bond donors (Lipinski definition) is 1. The quantitative estimate of drug-likeness (QED) is 0.363. The van der Waals surface area contributed by atoms with Crippen LogP contribution in [0, 0.1) is 6.92 Å². The van der Waals surface area contributed by atoms with Crippen molar-refractivity contribution in [3.63, 3.8) is 0 Å². The maximum Gasteiger partial charge on any atom is 0.256 e. The largest absolute Gasteiger partial charge is 0.493 e. The topological polar surface area (TPSA) is 65.4 Å². The first-order valence-electron chi connectivity index (χ1n) is 10.5. The van der Waals surface area contributed by atoms with Crippen LogP contribution in [0.5, 0.6) is 11.5 Å². The van der Waals surface area contributed by atoms with Crippen molar-refractivity contribution in [3.8, 4) is 11.5 Å². The molecular weight excluding hydrogens is 438 g/mol.